The maximum Gasteiger partial charge on any atom is 0.329 e. The van der Waals surface area contributed by atoms with Gasteiger partial charge in [-0.1, -0.05) is 20.3 Å². The van der Waals surface area contributed by atoms with Crippen molar-refractivity contribution in [2.75, 3.05) is 0 Å². The molecule has 1 aliphatic carbocycles. The van der Waals surface area contributed by atoms with Crippen LogP contribution in [-0.4, -0.2) is 28.7 Å². The molecule has 18 heavy (non-hydrogen) atoms. The molecule has 0 aromatic carbocycles. The zero-order chi connectivity index (χ0) is 13.8. The highest BCUT2D eigenvalue weighted by Gasteiger charge is 2.48. The molecule has 0 radical (unpaired) electrons. The van der Waals surface area contributed by atoms with E-state index < -0.39 is 11.5 Å². The van der Waals surface area contributed by atoms with Crippen LogP contribution in [0.1, 0.15) is 52.9 Å². The van der Waals surface area contributed by atoms with Crippen LogP contribution in [0.5, 0.6) is 0 Å². The first-order valence-electron chi connectivity index (χ1n) is 6.76. The van der Waals surface area contributed by atoms with E-state index in [0.717, 1.165) is 32.1 Å². The van der Waals surface area contributed by atoms with Crippen LogP contribution in [0.2, 0.25) is 0 Å². The van der Waals surface area contributed by atoms with Gasteiger partial charge in [-0.2, -0.15) is 0 Å². The predicted molar refractivity (Wildman–Crippen MR) is 69.4 cm³/mol. The quantitative estimate of drug-likeness (QED) is 0.653. The van der Waals surface area contributed by atoms with Crippen molar-refractivity contribution < 1.29 is 14.7 Å². The fourth-order valence-corrected chi connectivity index (χ4v) is 2.17. The second-order valence-electron chi connectivity index (χ2n) is 5.27. The highest BCUT2D eigenvalue weighted by atomic mass is 16.4. The molecule has 1 rings (SSSR count). The molecule has 0 aromatic heterocycles. The summed E-state index contributed by atoms with van der Waals surface area (Å²) in [4.78, 5) is 23.1. The first-order valence-corrected chi connectivity index (χ1v) is 6.76. The molecule has 0 heterocycles. The molecule has 5 heteroatoms. The fourth-order valence-electron chi connectivity index (χ4n) is 2.17. The third-order valence-electron chi connectivity index (χ3n) is 3.68. The van der Waals surface area contributed by atoms with Crippen molar-refractivity contribution >= 4 is 12.0 Å². The molecule has 3 N–H and O–H groups in total. The van der Waals surface area contributed by atoms with Crippen LogP contribution in [0.25, 0.3) is 0 Å². The summed E-state index contributed by atoms with van der Waals surface area (Å²) in [6.07, 6.45) is 4.51. The van der Waals surface area contributed by atoms with E-state index in [1.54, 1.807) is 6.92 Å². The van der Waals surface area contributed by atoms with Gasteiger partial charge >= 0.3 is 12.0 Å². The molecular formula is C13H24N2O3. The minimum Gasteiger partial charge on any atom is -0.480 e. The minimum atomic E-state index is -1.13. The number of carboxylic acid groups (broad SMARTS) is 1. The molecule has 2 unspecified atom stereocenters. The van der Waals surface area contributed by atoms with Crippen molar-refractivity contribution in [3.05, 3.63) is 0 Å². The number of amides is 2. The Morgan fingerprint density at radius 2 is 2.00 bits per heavy atom. The topological polar surface area (TPSA) is 78.4 Å². The Labute approximate surface area is 108 Å². The summed E-state index contributed by atoms with van der Waals surface area (Å²) in [5.41, 5.74) is -1.13. The first kappa shape index (κ1) is 14.8. The van der Waals surface area contributed by atoms with Crippen molar-refractivity contribution in [1.82, 2.24) is 10.6 Å². The van der Waals surface area contributed by atoms with Crippen LogP contribution in [-0.2, 0) is 4.79 Å². The first-order chi connectivity index (χ1) is 8.43. The third kappa shape index (κ3) is 3.62. The van der Waals surface area contributed by atoms with Gasteiger partial charge in [-0.3, -0.25) is 0 Å². The Morgan fingerprint density at radius 1 is 1.39 bits per heavy atom. The summed E-state index contributed by atoms with van der Waals surface area (Å²) < 4.78 is 0. The molecule has 0 bridgehead atoms. The van der Waals surface area contributed by atoms with Crippen molar-refractivity contribution in [2.45, 2.75) is 64.5 Å². The lowest BCUT2D eigenvalue weighted by molar-refractivity contribution is -0.144. The van der Waals surface area contributed by atoms with Gasteiger partial charge < -0.3 is 15.7 Å². The molecule has 0 spiro atoms. The van der Waals surface area contributed by atoms with E-state index in [1.165, 1.54) is 0 Å². The Hall–Kier alpha value is -1.26. The van der Waals surface area contributed by atoms with Crippen molar-refractivity contribution in [2.24, 2.45) is 5.92 Å². The van der Waals surface area contributed by atoms with Crippen molar-refractivity contribution in [3.8, 4) is 0 Å². The molecular weight excluding hydrogens is 232 g/mol. The van der Waals surface area contributed by atoms with Gasteiger partial charge in [0.15, 0.2) is 0 Å². The van der Waals surface area contributed by atoms with E-state index in [0.29, 0.717) is 0 Å². The number of carbonyl (C=O) groups is 2. The lowest BCUT2D eigenvalue weighted by Gasteiger charge is -2.27. The van der Waals surface area contributed by atoms with Gasteiger partial charge in [0.2, 0.25) is 0 Å². The van der Waals surface area contributed by atoms with Crippen LogP contribution in [0, 0.1) is 5.92 Å². The maximum atomic E-state index is 11.9. The molecule has 5 nitrogen and oxygen atoms in total. The molecule has 2 atom stereocenters. The number of nitrogens with one attached hydrogen (secondary N) is 2. The molecule has 2 amide bonds. The lowest BCUT2D eigenvalue weighted by atomic mass is 9.96. The molecule has 1 aliphatic rings. The Kier molecular flexibility index (Phi) is 4.99. The number of aliphatic carboxylic acids is 1. The summed E-state index contributed by atoms with van der Waals surface area (Å²) >= 11 is 0. The normalized spacial score (nSPS) is 19.7. The second kappa shape index (κ2) is 6.07. The van der Waals surface area contributed by atoms with Gasteiger partial charge in [0.1, 0.15) is 5.54 Å². The molecule has 1 fully saturated rings. The van der Waals surface area contributed by atoms with Crippen LogP contribution in [0.4, 0.5) is 4.79 Å². The average Bonchev–Trinajstić information content (AvgIpc) is 3.11. The summed E-state index contributed by atoms with van der Waals surface area (Å²) in [7, 11) is 0. The Morgan fingerprint density at radius 3 is 2.39 bits per heavy atom. The van der Waals surface area contributed by atoms with Gasteiger partial charge in [0.25, 0.3) is 0 Å². The van der Waals surface area contributed by atoms with Gasteiger partial charge in [-0.15, -0.1) is 0 Å². The molecule has 0 saturated heterocycles. The molecule has 0 aromatic rings. The standard InChI is InChI=1S/C13H24N2O3/c1-4-6-10(5-2)14-12(18)15-13(3,11(16)17)9-7-8-9/h9-10H,4-8H2,1-3H3,(H,16,17)(H2,14,15,18). The van der Waals surface area contributed by atoms with Gasteiger partial charge in [0.05, 0.1) is 0 Å². The van der Waals surface area contributed by atoms with Crippen molar-refractivity contribution in [1.29, 1.82) is 0 Å². The number of urea groups is 1. The zero-order valence-corrected chi connectivity index (χ0v) is 11.5. The highest BCUT2D eigenvalue weighted by Crippen LogP contribution is 2.39. The number of hydrogen-bond acceptors (Lipinski definition) is 2. The Bertz CT molecular complexity index is 315. The van der Waals surface area contributed by atoms with Gasteiger partial charge in [-0.05, 0) is 38.5 Å². The molecule has 0 aliphatic heterocycles. The van der Waals surface area contributed by atoms with E-state index in [-0.39, 0.29) is 18.0 Å². The van der Waals surface area contributed by atoms with E-state index in [1.807, 2.05) is 6.92 Å². The zero-order valence-electron chi connectivity index (χ0n) is 11.5. The highest BCUT2D eigenvalue weighted by molar-refractivity contribution is 5.86. The number of carbonyl (C=O) groups excluding carboxylic acids is 1. The second-order valence-corrected chi connectivity index (χ2v) is 5.27. The summed E-state index contributed by atoms with van der Waals surface area (Å²) in [6.45, 7) is 5.67. The molecule has 1 saturated carbocycles. The predicted octanol–water partition coefficient (Wildman–Crippen LogP) is 2.12. The monoisotopic (exact) mass is 256 g/mol. The summed E-state index contributed by atoms with van der Waals surface area (Å²) in [5.74, 6) is -0.893. The maximum absolute atomic E-state index is 11.9. The lowest BCUT2D eigenvalue weighted by Crippen LogP contribution is -2.58. The number of rotatable bonds is 7. The van der Waals surface area contributed by atoms with Crippen LogP contribution in [0.15, 0.2) is 0 Å². The number of carboxylic acids is 1. The molecule has 104 valence electrons. The SMILES string of the molecule is CCCC(CC)NC(=O)NC(C)(C(=O)O)C1CC1. The van der Waals surface area contributed by atoms with Crippen LogP contribution < -0.4 is 10.6 Å². The van der Waals surface area contributed by atoms with Crippen LogP contribution in [0.3, 0.4) is 0 Å². The van der Waals surface area contributed by atoms with Gasteiger partial charge in [-0.25, -0.2) is 9.59 Å². The minimum absolute atomic E-state index is 0.0620. The van der Waals surface area contributed by atoms with Crippen LogP contribution >= 0.6 is 0 Å². The summed E-state index contributed by atoms with van der Waals surface area (Å²) in [6, 6.07) is -0.251. The third-order valence-corrected chi connectivity index (χ3v) is 3.68. The fraction of sp³-hybridized carbons (Fsp3) is 0.846. The average molecular weight is 256 g/mol. The van der Waals surface area contributed by atoms with E-state index in [9.17, 15) is 14.7 Å². The Balaban J connectivity index is 2.54. The van der Waals surface area contributed by atoms with E-state index >= 15 is 0 Å². The van der Waals surface area contributed by atoms with E-state index in [4.69, 9.17) is 0 Å². The summed E-state index contributed by atoms with van der Waals surface area (Å²) in [5, 5.41) is 14.7. The van der Waals surface area contributed by atoms with Gasteiger partial charge in [0, 0.05) is 6.04 Å². The largest absolute Gasteiger partial charge is 0.480 e. The van der Waals surface area contributed by atoms with Crippen molar-refractivity contribution in [3.63, 3.8) is 0 Å². The van der Waals surface area contributed by atoms with E-state index in [2.05, 4.69) is 17.6 Å². The smallest absolute Gasteiger partial charge is 0.329 e. The number of hydrogen-bond donors (Lipinski definition) is 3.